The number of hydrogen-bond acceptors (Lipinski definition) is 5. The van der Waals surface area contributed by atoms with Crippen LogP contribution < -0.4 is 5.32 Å². The predicted molar refractivity (Wildman–Crippen MR) is 74.3 cm³/mol. The van der Waals surface area contributed by atoms with E-state index < -0.39 is 5.97 Å². The molecule has 2 N–H and O–H groups in total. The minimum Gasteiger partial charge on any atom is -0.477 e. The Morgan fingerprint density at radius 1 is 1.42 bits per heavy atom. The second-order valence-corrected chi connectivity index (χ2v) is 6.41. The van der Waals surface area contributed by atoms with Gasteiger partial charge in [-0.3, -0.25) is 4.79 Å². The summed E-state index contributed by atoms with van der Waals surface area (Å²) in [4.78, 5) is 27.4. The fourth-order valence-corrected chi connectivity index (χ4v) is 3.21. The maximum atomic E-state index is 11.8. The monoisotopic (exact) mass is 316 g/mol. The van der Waals surface area contributed by atoms with Gasteiger partial charge in [0.15, 0.2) is 0 Å². The Morgan fingerprint density at radius 2 is 2.16 bits per heavy atom. The average Bonchev–Trinajstić information content (AvgIpc) is 2.92. The second kappa shape index (κ2) is 5.68. The lowest BCUT2D eigenvalue weighted by Crippen LogP contribution is -2.21. The van der Waals surface area contributed by atoms with Crippen molar-refractivity contribution in [2.45, 2.75) is 13.5 Å². The molecule has 0 atom stereocenters. The minimum atomic E-state index is -1.00. The highest BCUT2D eigenvalue weighted by atomic mass is 35.5. The first kappa shape index (κ1) is 14.0. The first-order valence-corrected chi connectivity index (χ1v) is 7.21. The number of carbonyl (C=O) groups excluding carboxylic acids is 1. The summed E-state index contributed by atoms with van der Waals surface area (Å²) in [5.41, 5.74) is 0.459. The van der Waals surface area contributed by atoms with Gasteiger partial charge in [0.05, 0.1) is 21.5 Å². The lowest BCUT2D eigenvalue weighted by atomic mass is 10.4. The minimum absolute atomic E-state index is 0.198. The Kier molecular flexibility index (Phi) is 4.18. The molecule has 100 valence electrons. The number of amides is 1. The fraction of sp³-hybridized carbons (Fsp3) is 0.182. The molecule has 5 nitrogen and oxygen atoms in total. The molecule has 1 amide bonds. The molecule has 0 aliphatic heterocycles. The third kappa shape index (κ3) is 3.31. The number of aromatic nitrogens is 1. The summed E-state index contributed by atoms with van der Waals surface area (Å²) in [6.07, 6.45) is 0. The molecule has 19 heavy (non-hydrogen) atoms. The van der Waals surface area contributed by atoms with E-state index in [0.29, 0.717) is 19.9 Å². The van der Waals surface area contributed by atoms with Gasteiger partial charge in [0.2, 0.25) is 0 Å². The zero-order valence-corrected chi connectivity index (χ0v) is 12.2. The van der Waals surface area contributed by atoms with Gasteiger partial charge in [-0.05, 0) is 19.1 Å². The van der Waals surface area contributed by atoms with Crippen molar-refractivity contribution in [3.8, 4) is 0 Å². The molecular formula is C11H9ClN2O3S2. The Labute approximate surface area is 121 Å². The van der Waals surface area contributed by atoms with E-state index in [1.54, 1.807) is 19.1 Å². The molecule has 2 heterocycles. The predicted octanol–water partition coefficient (Wildman–Crippen LogP) is 2.79. The van der Waals surface area contributed by atoms with Crippen molar-refractivity contribution in [3.63, 3.8) is 0 Å². The number of nitrogens with one attached hydrogen (secondary N) is 1. The molecule has 0 saturated heterocycles. The van der Waals surface area contributed by atoms with E-state index in [2.05, 4.69) is 10.3 Å². The SMILES string of the molecule is Cc1nc(CNC(=O)c2ccc(Cl)s2)sc1C(=O)O. The van der Waals surface area contributed by atoms with Crippen molar-refractivity contribution in [2.75, 3.05) is 0 Å². The summed E-state index contributed by atoms with van der Waals surface area (Å²) in [6, 6.07) is 3.29. The summed E-state index contributed by atoms with van der Waals surface area (Å²) >= 11 is 7.99. The standard InChI is InChI=1S/C11H9ClN2O3S2/c1-5-9(11(16)17)19-8(14-5)4-13-10(15)6-2-3-7(12)18-6/h2-3H,4H2,1H3,(H,13,15)(H,16,17). The molecule has 0 spiro atoms. The van der Waals surface area contributed by atoms with E-state index >= 15 is 0 Å². The van der Waals surface area contributed by atoms with Gasteiger partial charge in [-0.2, -0.15) is 0 Å². The van der Waals surface area contributed by atoms with Gasteiger partial charge < -0.3 is 10.4 Å². The van der Waals surface area contributed by atoms with Gasteiger partial charge in [-0.1, -0.05) is 11.6 Å². The second-order valence-electron chi connectivity index (χ2n) is 3.61. The fourth-order valence-electron chi connectivity index (χ4n) is 1.41. The summed E-state index contributed by atoms with van der Waals surface area (Å²) in [7, 11) is 0. The molecule has 0 fully saturated rings. The molecular weight excluding hydrogens is 308 g/mol. The van der Waals surface area contributed by atoms with Crippen LogP contribution in [0.15, 0.2) is 12.1 Å². The summed E-state index contributed by atoms with van der Waals surface area (Å²) in [6.45, 7) is 1.83. The van der Waals surface area contributed by atoms with E-state index in [4.69, 9.17) is 16.7 Å². The number of carbonyl (C=O) groups is 2. The number of carboxylic acid groups (broad SMARTS) is 1. The van der Waals surface area contributed by atoms with Crippen LogP contribution in [0.25, 0.3) is 0 Å². The third-order valence-corrected chi connectivity index (χ3v) is 4.61. The number of aromatic carboxylic acids is 1. The summed E-state index contributed by atoms with van der Waals surface area (Å²) < 4.78 is 0.545. The van der Waals surface area contributed by atoms with Crippen molar-refractivity contribution < 1.29 is 14.7 Å². The summed E-state index contributed by atoms with van der Waals surface area (Å²) in [5.74, 6) is -1.25. The number of nitrogens with zero attached hydrogens (tertiary/aromatic N) is 1. The number of thiophene rings is 1. The van der Waals surface area contributed by atoms with Crippen LogP contribution in [0.1, 0.15) is 30.0 Å². The van der Waals surface area contributed by atoms with Gasteiger partial charge >= 0.3 is 5.97 Å². The van der Waals surface area contributed by atoms with E-state index in [9.17, 15) is 9.59 Å². The molecule has 8 heteroatoms. The van der Waals surface area contributed by atoms with E-state index in [-0.39, 0.29) is 17.3 Å². The Hall–Kier alpha value is -1.44. The highest BCUT2D eigenvalue weighted by molar-refractivity contribution is 7.18. The van der Waals surface area contributed by atoms with E-state index in [1.165, 1.54) is 11.3 Å². The van der Waals surface area contributed by atoms with Crippen molar-refractivity contribution >= 4 is 46.2 Å². The number of halogens is 1. The third-order valence-electron chi connectivity index (χ3n) is 2.23. The maximum absolute atomic E-state index is 11.8. The molecule has 2 rings (SSSR count). The quantitative estimate of drug-likeness (QED) is 0.909. The Bertz CT molecular complexity index is 636. The highest BCUT2D eigenvalue weighted by Crippen LogP contribution is 2.22. The molecule has 0 bridgehead atoms. The zero-order valence-electron chi connectivity index (χ0n) is 9.77. The van der Waals surface area contributed by atoms with Crippen LogP contribution in [0.3, 0.4) is 0 Å². The number of hydrogen-bond donors (Lipinski definition) is 2. The molecule has 2 aromatic rings. The molecule has 0 aliphatic rings. The van der Waals surface area contributed by atoms with Crippen molar-refractivity contribution in [1.29, 1.82) is 0 Å². The average molecular weight is 317 g/mol. The van der Waals surface area contributed by atoms with Gasteiger partial charge in [-0.25, -0.2) is 9.78 Å². The van der Waals surface area contributed by atoms with Crippen molar-refractivity contribution in [3.05, 3.63) is 36.9 Å². The lowest BCUT2D eigenvalue weighted by Gasteiger charge is -1.99. The highest BCUT2D eigenvalue weighted by Gasteiger charge is 2.15. The van der Waals surface area contributed by atoms with Gasteiger partial charge in [0, 0.05) is 0 Å². The van der Waals surface area contributed by atoms with Crippen molar-refractivity contribution in [2.24, 2.45) is 0 Å². The van der Waals surface area contributed by atoms with Crippen molar-refractivity contribution in [1.82, 2.24) is 10.3 Å². The van der Waals surface area contributed by atoms with Crippen LogP contribution in [0.4, 0.5) is 0 Å². The van der Waals surface area contributed by atoms with Gasteiger partial charge in [0.1, 0.15) is 9.88 Å². The van der Waals surface area contributed by atoms with Crippen LogP contribution in [-0.4, -0.2) is 22.0 Å². The molecule has 0 aromatic carbocycles. The van der Waals surface area contributed by atoms with Crippen LogP contribution in [0.2, 0.25) is 4.34 Å². The first-order chi connectivity index (χ1) is 8.97. The Morgan fingerprint density at radius 3 is 2.68 bits per heavy atom. The molecule has 0 saturated carbocycles. The number of carboxylic acids is 1. The van der Waals surface area contributed by atoms with Crippen LogP contribution in [0.5, 0.6) is 0 Å². The molecule has 0 aliphatic carbocycles. The normalized spacial score (nSPS) is 10.4. The largest absolute Gasteiger partial charge is 0.477 e. The number of rotatable bonds is 4. The van der Waals surface area contributed by atoms with E-state index in [1.807, 2.05) is 0 Å². The zero-order chi connectivity index (χ0) is 14.0. The lowest BCUT2D eigenvalue weighted by molar-refractivity contribution is 0.0701. The smallest absolute Gasteiger partial charge is 0.347 e. The van der Waals surface area contributed by atoms with E-state index in [0.717, 1.165) is 11.3 Å². The van der Waals surface area contributed by atoms with Crippen LogP contribution >= 0.6 is 34.3 Å². The van der Waals surface area contributed by atoms with Gasteiger partial charge in [-0.15, -0.1) is 22.7 Å². The summed E-state index contributed by atoms with van der Waals surface area (Å²) in [5, 5.41) is 12.1. The molecule has 2 aromatic heterocycles. The Balaban J connectivity index is 2.01. The molecule has 0 radical (unpaired) electrons. The topological polar surface area (TPSA) is 79.3 Å². The number of thiazole rings is 1. The first-order valence-electron chi connectivity index (χ1n) is 5.20. The number of aryl methyl sites for hydroxylation is 1. The van der Waals surface area contributed by atoms with Gasteiger partial charge in [0.25, 0.3) is 5.91 Å². The maximum Gasteiger partial charge on any atom is 0.347 e. The van der Waals surface area contributed by atoms with Crippen LogP contribution in [-0.2, 0) is 6.54 Å². The van der Waals surface area contributed by atoms with Crippen LogP contribution in [0, 0.1) is 6.92 Å². The molecule has 0 unspecified atom stereocenters.